The molecule has 4 nitrogen and oxygen atoms in total. The van der Waals surface area contributed by atoms with E-state index in [0.29, 0.717) is 0 Å². The highest BCUT2D eigenvalue weighted by molar-refractivity contribution is 8.02. The average molecular weight is 473 g/mol. The Morgan fingerprint density at radius 1 is 1.12 bits per heavy atom. The number of aromatic nitrogens is 2. The van der Waals surface area contributed by atoms with Crippen molar-refractivity contribution in [1.82, 2.24) is 15.3 Å². The van der Waals surface area contributed by atoms with E-state index in [4.69, 9.17) is 0 Å². The van der Waals surface area contributed by atoms with Gasteiger partial charge in [-0.15, -0.1) is 0 Å². The fourth-order valence-electron chi connectivity index (χ4n) is 3.64. The van der Waals surface area contributed by atoms with E-state index >= 15 is 0 Å². The van der Waals surface area contributed by atoms with Crippen LogP contribution in [0.4, 0.5) is 11.5 Å². The maximum Gasteiger partial charge on any atom is 0.134 e. The van der Waals surface area contributed by atoms with E-state index in [9.17, 15) is 0 Å². The van der Waals surface area contributed by atoms with Crippen LogP contribution in [0.25, 0.3) is 5.57 Å². The minimum atomic E-state index is 0.847. The Morgan fingerprint density at radius 2 is 2.00 bits per heavy atom. The lowest BCUT2D eigenvalue weighted by molar-refractivity contribution is 0.738. The third-order valence-electron chi connectivity index (χ3n) is 5.42. The number of nitrogens with zero attached hydrogens (tertiary/aromatic N) is 2. The highest BCUT2D eigenvalue weighted by atomic mass is 32.2. The summed E-state index contributed by atoms with van der Waals surface area (Å²) < 4.78 is 0. The third kappa shape index (κ3) is 8.15. The zero-order valence-electron chi connectivity index (χ0n) is 20.8. The fourth-order valence-corrected chi connectivity index (χ4v) is 4.37. The van der Waals surface area contributed by atoms with Gasteiger partial charge in [0.05, 0.1) is 0 Å². The molecule has 4 rings (SSSR count). The van der Waals surface area contributed by atoms with E-state index in [1.54, 1.807) is 11.8 Å². The first-order valence-electron chi connectivity index (χ1n) is 12.0. The van der Waals surface area contributed by atoms with Crippen LogP contribution in [0, 0.1) is 13.8 Å². The lowest BCUT2D eigenvalue weighted by Crippen LogP contribution is -2.19. The molecule has 1 aromatic heterocycles. The maximum absolute atomic E-state index is 4.53. The molecule has 0 amide bonds. The van der Waals surface area contributed by atoms with Crippen LogP contribution >= 0.6 is 11.8 Å². The molecule has 2 N–H and O–H groups in total. The van der Waals surface area contributed by atoms with Crippen LogP contribution in [-0.4, -0.2) is 23.1 Å². The summed E-state index contributed by atoms with van der Waals surface area (Å²) in [5.41, 5.74) is 6.55. The Labute approximate surface area is 209 Å². The molecule has 0 unspecified atom stereocenters. The quantitative estimate of drug-likeness (QED) is 0.349. The van der Waals surface area contributed by atoms with Gasteiger partial charge in [-0.25, -0.2) is 9.97 Å². The van der Waals surface area contributed by atoms with Crippen molar-refractivity contribution in [3.8, 4) is 0 Å². The molecule has 0 fully saturated rings. The van der Waals surface area contributed by atoms with Gasteiger partial charge in [-0.1, -0.05) is 66.7 Å². The molecule has 0 atom stereocenters. The van der Waals surface area contributed by atoms with Crippen molar-refractivity contribution in [3.63, 3.8) is 0 Å². The van der Waals surface area contributed by atoms with Crippen molar-refractivity contribution in [2.75, 3.05) is 18.4 Å². The van der Waals surface area contributed by atoms with E-state index in [0.717, 1.165) is 49.7 Å². The first-order valence-corrected chi connectivity index (χ1v) is 12.9. The first kappa shape index (κ1) is 25.7. The molecule has 0 saturated carbocycles. The van der Waals surface area contributed by atoms with E-state index < -0.39 is 0 Å². The molecular formula is C29H36N4S. The Morgan fingerprint density at radius 3 is 2.74 bits per heavy atom. The van der Waals surface area contributed by atoms with Crippen LogP contribution in [0.2, 0.25) is 0 Å². The summed E-state index contributed by atoms with van der Waals surface area (Å²) in [4.78, 5) is 10.1. The number of benzene rings is 2. The van der Waals surface area contributed by atoms with E-state index in [2.05, 4.69) is 95.3 Å². The standard InChI is InChI=1S/C17H21N3S.C12H15N/c1-4-6-16-18-10-9-17(20-16)19-14-8-7-13(3)15(12-14)21-11-5-2;1-10-3-2-4-12(9-10)11-5-7-13-8-6-11/h5,7-12H,4,6H2,1-3H3,(H,18,19,20);2-5,9,13H,6-8H2,1H3/b11-5-;. The van der Waals surface area contributed by atoms with Gasteiger partial charge in [-0.05, 0) is 80.5 Å². The summed E-state index contributed by atoms with van der Waals surface area (Å²) in [6, 6.07) is 17.0. The van der Waals surface area contributed by atoms with Gasteiger partial charge in [-0.3, -0.25) is 0 Å². The summed E-state index contributed by atoms with van der Waals surface area (Å²) in [7, 11) is 0. The number of anilines is 2. The van der Waals surface area contributed by atoms with Crippen molar-refractivity contribution >= 4 is 28.8 Å². The van der Waals surface area contributed by atoms with Gasteiger partial charge in [0.25, 0.3) is 0 Å². The second-order valence-corrected chi connectivity index (χ2v) is 9.30. The van der Waals surface area contributed by atoms with Gasteiger partial charge >= 0.3 is 0 Å². The molecule has 2 aromatic carbocycles. The van der Waals surface area contributed by atoms with Gasteiger partial charge in [0.2, 0.25) is 0 Å². The molecule has 0 bridgehead atoms. The largest absolute Gasteiger partial charge is 0.340 e. The van der Waals surface area contributed by atoms with Crippen LogP contribution in [-0.2, 0) is 6.42 Å². The normalized spacial score (nSPS) is 13.2. The predicted octanol–water partition coefficient (Wildman–Crippen LogP) is 7.48. The molecule has 0 spiro atoms. The second-order valence-electron chi connectivity index (χ2n) is 8.35. The Bertz CT molecular complexity index is 1120. The van der Waals surface area contributed by atoms with Gasteiger partial charge in [0.1, 0.15) is 11.6 Å². The van der Waals surface area contributed by atoms with Gasteiger partial charge in [0.15, 0.2) is 0 Å². The maximum atomic E-state index is 4.53. The fraction of sp³-hybridized carbons (Fsp3) is 0.310. The van der Waals surface area contributed by atoms with Crippen LogP contribution < -0.4 is 10.6 Å². The highest BCUT2D eigenvalue weighted by Gasteiger charge is 2.05. The molecule has 2 heterocycles. The molecule has 1 aliphatic rings. The lowest BCUT2D eigenvalue weighted by Gasteiger charge is -2.14. The second kappa shape index (κ2) is 13.7. The highest BCUT2D eigenvalue weighted by Crippen LogP contribution is 2.28. The molecule has 0 radical (unpaired) electrons. The smallest absolute Gasteiger partial charge is 0.134 e. The predicted molar refractivity (Wildman–Crippen MR) is 148 cm³/mol. The zero-order valence-corrected chi connectivity index (χ0v) is 21.6. The van der Waals surface area contributed by atoms with Crippen LogP contribution in [0.15, 0.2) is 77.2 Å². The summed E-state index contributed by atoms with van der Waals surface area (Å²) in [6.07, 6.45) is 9.27. The topological polar surface area (TPSA) is 49.8 Å². The molecule has 1 aliphatic heterocycles. The van der Waals surface area contributed by atoms with Crippen molar-refractivity contribution in [1.29, 1.82) is 0 Å². The van der Waals surface area contributed by atoms with Crippen LogP contribution in [0.3, 0.4) is 0 Å². The van der Waals surface area contributed by atoms with Crippen molar-refractivity contribution < 1.29 is 0 Å². The number of hydrogen-bond donors (Lipinski definition) is 2. The number of rotatable bonds is 7. The molecule has 5 heteroatoms. The Balaban J connectivity index is 0.000000212. The van der Waals surface area contributed by atoms with Gasteiger partial charge < -0.3 is 10.6 Å². The summed E-state index contributed by atoms with van der Waals surface area (Å²) in [6.45, 7) is 10.6. The zero-order chi connectivity index (χ0) is 24.2. The number of thioether (sulfide) groups is 1. The number of nitrogens with one attached hydrogen (secondary N) is 2. The average Bonchev–Trinajstić information content (AvgIpc) is 2.86. The van der Waals surface area contributed by atoms with E-state index in [1.807, 2.05) is 25.3 Å². The molecule has 0 aliphatic carbocycles. The minimum absolute atomic E-state index is 0.847. The van der Waals surface area contributed by atoms with E-state index in [1.165, 1.54) is 27.2 Å². The first-order chi connectivity index (χ1) is 16.6. The van der Waals surface area contributed by atoms with Crippen LogP contribution in [0.5, 0.6) is 0 Å². The van der Waals surface area contributed by atoms with Gasteiger partial charge in [-0.2, -0.15) is 0 Å². The third-order valence-corrected chi connectivity index (χ3v) is 6.53. The van der Waals surface area contributed by atoms with Crippen LogP contribution in [0.1, 0.15) is 49.2 Å². The molecule has 0 saturated heterocycles. The number of aryl methyl sites for hydroxylation is 3. The SMILES string of the molecule is C/C=C\Sc1cc(Nc2ccnc(CCC)n2)ccc1C.Cc1cccc(C2=CCNCC2)c1. The molecule has 3 aromatic rings. The Hall–Kier alpha value is -2.89. The summed E-state index contributed by atoms with van der Waals surface area (Å²) in [5, 5.41) is 8.77. The summed E-state index contributed by atoms with van der Waals surface area (Å²) in [5.74, 6) is 1.73. The lowest BCUT2D eigenvalue weighted by atomic mass is 9.99. The van der Waals surface area contributed by atoms with Gasteiger partial charge in [0, 0.05) is 29.7 Å². The van der Waals surface area contributed by atoms with Crippen molar-refractivity contribution in [2.24, 2.45) is 0 Å². The molecule has 178 valence electrons. The van der Waals surface area contributed by atoms with Crippen molar-refractivity contribution in [2.45, 2.75) is 51.9 Å². The van der Waals surface area contributed by atoms with E-state index in [-0.39, 0.29) is 0 Å². The molecule has 34 heavy (non-hydrogen) atoms. The summed E-state index contributed by atoms with van der Waals surface area (Å²) >= 11 is 1.73. The van der Waals surface area contributed by atoms with Crippen molar-refractivity contribution in [3.05, 3.63) is 94.8 Å². The molecular weight excluding hydrogens is 436 g/mol. The monoisotopic (exact) mass is 472 g/mol. The number of hydrogen-bond acceptors (Lipinski definition) is 5. The number of allylic oxidation sites excluding steroid dienone is 1. The Kier molecular flexibility index (Phi) is 10.4. The minimum Gasteiger partial charge on any atom is -0.340 e.